The number of aldehydes is 1. The molecule has 2 saturated carbocycles. The van der Waals surface area contributed by atoms with Gasteiger partial charge in [0.05, 0.1) is 11.3 Å². The Morgan fingerprint density at radius 1 is 0.629 bits per heavy atom. The van der Waals surface area contributed by atoms with Crippen molar-refractivity contribution in [3.05, 3.63) is 0 Å². The van der Waals surface area contributed by atoms with E-state index in [-0.39, 0.29) is 5.92 Å². The predicted molar refractivity (Wildman–Crippen MR) is 145 cm³/mol. The lowest BCUT2D eigenvalue weighted by molar-refractivity contribution is -0.128. The molecule has 2 aliphatic rings. The van der Waals surface area contributed by atoms with Crippen LogP contribution in [0.3, 0.4) is 0 Å². The number of unbranched alkanes of at least 4 members (excludes halogenated alkanes) is 12. The molecule has 0 aromatic rings. The number of rotatable bonds is 18. The summed E-state index contributed by atoms with van der Waals surface area (Å²) in [6, 6.07) is 0. The Balaban J connectivity index is 1.62. The van der Waals surface area contributed by atoms with E-state index >= 15 is 0 Å². The maximum atomic E-state index is 13.4. The molecule has 0 unspecified atom stereocenters. The Morgan fingerprint density at radius 2 is 0.971 bits per heavy atom. The summed E-state index contributed by atoms with van der Waals surface area (Å²) in [4.78, 5) is 23.7. The number of nitrogens with two attached hydrogens (primary N) is 4. The summed E-state index contributed by atoms with van der Waals surface area (Å²) in [6.45, 7) is 0. The van der Waals surface area contributed by atoms with E-state index in [1.165, 1.54) is 57.8 Å². The zero-order valence-electron chi connectivity index (χ0n) is 22.5. The third kappa shape index (κ3) is 12.3. The van der Waals surface area contributed by atoms with E-state index in [0.717, 1.165) is 83.3 Å². The summed E-state index contributed by atoms with van der Waals surface area (Å²) < 4.78 is 0. The van der Waals surface area contributed by atoms with Crippen LogP contribution in [0.5, 0.6) is 0 Å². The lowest BCUT2D eigenvalue weighted by Crippen LogP contribution is -2.54. The molecule has 8 N–H and O–H groups in total. The minimum Gasteiger partial charge on any atom is -0.313 e. The molecule has 0 aromatic carbocycles. The first-order valence-electron chi connectivity index (χ1n) is 14.9. The third-order valence-corrected chi connectivity index (χ3v) is 8.80. The molecule has 204 valence electrons. The Labute approximate surface area is 215 Å². The second kappa shape index (κ2) is 16.1. The van der Waals surface area contributed by atoms with Crippen molar-refractivity contribution in [1.82, 2.24) is 0 Å². The zero-order valence-corrected chi connectivity index (χ0v) is 22.5. The Morgan fingerprint density at radius 3 is 1.34 bits per heavy atom. The summed E-state index contributed by atoms with van der Waals surface area (Å²) in [5.41, 5.74) is 23.6. The van der Waals surface area contributed by atoms with Crippen LogP contribution in [0.2, 0.25) is 0 Å². The van der Waals surface area contributed by atoms with Crippen molar-refractivity contribution < 1.29 is 9.59 Å². The van der Waals surface area contributed by atoms with Crippen LogP contribution in [0.25, 0.3) is 0 Å². The lowest BCUT2D eigenvalue weighted by atomic mass is 9.65. The molecule has 0 bridgehead atoms. The van der Waals surface area contributed by atoms with Gasteiger partial charge in [0.2, 0.25) is 0 Å². The molecule has 0 spiro atoms. The highest BCUT2D eigenvalue weighted by molar-refractivity contribution is 5.81. The quantitative estimate of drug-likeness (QED) is 0.114. The zero-order chi connectivity index (χ0) is 25.6. The summed E-state index contributed by atoms with van der Waals surface area (Å²) in [6.07, 6.45) is 24.4. The van der Waals surface area contributed by atoms with Gasteiger partial charge in [0.25, 0.3) is 0 Å². The number of ketones is 1. The van der Waals surface area contributed by atoms with Gasteiger partial charge in [-0.15, -0.1) is 0 Å². The number of carbonyl (C=O) groups is 2. The molecule has 2 fully saturated rings. The third-order valence-electron chi connectivity index (χ3n) is 8.80. The van der Waals surface area contributed by atoms with Crippen LogP contribution in [0, 0.1) is 17.8 Å². The fraction of sp³-hybridized carbons (Fsp3) is 0.931. The Kier molecular flexibility index (Phi) is 14.0. The van der Waals surface area contributed by atoms with Crippen molar-refractivity contribution in [3.63, 3.8) is 0 Å². The van der Waals surface area contributed by atoms with Crippen LogP contribution in [0.1, 0.15) is 141 Å². The Bertz CT molecular complexity index is 559. The molecule has 0 amide bonds. The molecule has 6 nitrogen and oxygen atoms in total. The predicted octanol–water partition coefficient (Wildman–Crippen LogP) is 5.44. The van der Waals surface area contributed by atoms with Crippen molar-refractivity contribution in [2.75, 3.05) is 0 Å². The van der Waals surface area contributed by atoms with Gasteiger partial charge in [-0.1, -0.05) is 64.2 Å². The van der Waals surface area contributed by atoms with Crippen molar-refractivity contribution in [2.24, 2.45) is 40.7 Å². The lowest BCUT2D eigenvalue weighted by Gasteiger charge is -2.43. The second-order valence-corrected chi connectivity index (χ2v) is 12.1. The molecule has 6 heteroatoms. The highest BCUT2D eigenvalue weighted by Gasteiger charge is 2.41. The van der Waals surface area contributed by atoms with E-state index in [1.54, 1.807) is 0 Å². The maximum Gasteiger partial charge on any atom is 0.136 e. The van der Waals surface area contributed by atoms with Gasteiger partial charge in [-0.25, -0.2) is 0 Å². The molecule has 0 saturated heterocycles. The average Bonchev–Trinajstić information content (AvgIpc) is 2.81. The second-order valence-electron chi connectivity index (χ2n) is 12.1. The molecular weight excluding hydrogens is 436 g/mol. The molecular formula is C29H56N4O2. The molecule has 0 aromatic heterocycles. The molecule has 0 aliphatic heterocycles. The van der Waals surface area contributed by atoms with Gasteiger partial charge in [-0.2, -0.15) is 0 Å². The Hall–Kier alpha value is -0.820. The van der Waals surface area contributed by atoms with Crippen LogP contribution in [-0.4, -0.2) is 23.4 Å². The summed E-state index contributed by atoms with van der Waals surface area (Å²) in [7, 11) is 0. The molecule has 2 aliphatic carbocycles. The van der Waals surface area contributed by atoms with E-state index in [9.17, 15) is 9.59 Å². The molecule has 35 heavy (non-hydrogen) atoms. The topological polar surface area (TPSA) is 138 Å². The van der Waals surface area contributed by atoms with E-state index < -0.39 is 11.3 Å². The molecule has 0 heterocycles. The van der Waals surface area contributed by atoms with Crippen LogP contribution in [0.4, 0.5) is 0 Å². The van der Waals surface area contributed by atoms with E-state index in [2.05, 4.69) is 0 Å². The standard InChI is InChI=1S/C29H56N4O2/c30-28(31)19-15-24(16-20-28)27(25-17-21-29(32,33)22-18-25)26(35)14-12-10-8-6-4-2-1-3-5-7-9-11-13-23-34/h23-25,27H,1-22,30-33H2. The highest BCUT2D eigenvalue weighted by Crippen LogP contribution is 2.42. The number of Topliss-reactive ketones (excluding diaryl/α,β-unsaturated/α-hetero) is 1. The SMILES string of the molecule is NC1(N)CCC(C(C(=O)CCCCCCCCCCCCCCC=O)C2CCC(N)(N)CC2)CC1. The monoisotopic (exact) mass is 492 g/mol. The minimum absolute atomic E-state index is 0.139. The van der Waals surface area contributed by atoms with Gasteiger partial charge in [0, 0.05) is 18.8 Å². The first-order valence-corrected chi connectivity index (χ1v) is 14.9. The average molecular weight is 493 g/mol. The molecule has 0 radical (unpaired) electrons. The molecule has 2 rings (SSSR count). The van der Waals surface area contributed by atoms with Gasteiger partial charge in [0.15, 0.2) is 0 Å². The highest BCUT2D eigenvalue weighted by atomic mass is 16.1. The van der Waals surface area contributed by atoms with Gasteiger partial charge in [0.1, 0.15) is 12.1 Å². The first kappa shape index (κ1) is 30.4. The van der Waals surface area contributed by atoms with Crippen molar-refractivity contribution in [2.45, 2.75) is 153 Å². The van der Waals surface area contributed by atoms with Crippen LogP contribution < -0.4 is 22.9 Å². The van der Waals surface area contributed by atoms with E-state index in [1.807, 2.05) is 0 Å². The van der Waals surface area contributed by atoms with Crippen LogP contribution >= 0.6 is 0 Å². The van der Waals surface area contributed by atoms with E-state index in [4.69, 9.17) is 22.9 Å². The van der Waals surface area contributed by atoms with Gasteiger partial charge in [-0.3, -0.25) is 4.79 Å². The molecule has 0 atom stereocenters. The van der Waals surface area contributed by atoms with Gasteiger partial charge < -0.3 is 27.7 Å². The smallest absolute Gasteiger partial charge is 0.136 e. The number of hydrogen-bond donors (Lipinski definition) is 4. The number of carbonyl (C=O) groups excluding carboxylic acids is 2. The van der Waals surface area contributed by atoms with Gasteiger partial charge >= 0.3 is 0 Å². The summed E-state index contributed by atoms with van der Waals surface area (Å²) >= 11 is 0. The van der Waals surface area contributed by atoms with Crippen molar-refractivity contribution in [1.29, 1.82) is 0 Å². The summed E-state index contributed by atoms with van der Waals surface area (Å²) in [5.74, 6) is 1.44. The van der Waals surface area contributed by atoms with Crippen LogP contribution in [-0.2, 0) is 9.59 Å². The first-order chi connectivity index (χ1) is 16.7. The normalized spacial score (nSPS) is 20.8. The largest absolute Gasteiger partial charge is 0.313 e. The fourth-order valence-electron chi connectivity index (χ4n) is 6.45. The maximum absolute atomic E-state index is 13.4. The minimum atomic E-state index is -0.558. The van der Waals surface area contributed by atoms with Crippen LogP contribution in [0.15, 0.2) is 0 Å². The fourth-order valence-corrected chi connectivity index (χ4v) is 6.45. The summed E-state index contributed by atoms with van der Waals surface area (Å²) in [5, 5.41) is 0. The van der Waals surface area contributed by atoms with Crippen molar-refractivity contribution >= 4 is 12.1 Å². The number of hydrogen-bond acceptors (Lipinski definition) is 6. The van der Waals surface area contributed by atoms with Gasteiger partial charge in [-0.05, 0) is 76.0 Å². The van der Waals surface area contributed by atoms with E-state index in [0.29, 0.717) is 24.0 Å². The van der Waals surface area contributed by atoms with Crippen molar-refractivity contribution in [3.8, 4) is 0 Å².